The molecule has 1 aliphatic heterocycles. The van der Waals surface area contributed by atoms with Gasteiger partial charge in [0.05, 0.1) is 12.1 Å². The van der Waals surface area contributed by atoms with E-state index in [0.29, 0.717) is 13.0 Å². The second kappa shape index (κ2) is 7.45. The fourth-order valence-electron chi connectivity index (χ4n) is 2.09. The standard InChI is InChI=1S/C13H24N2O4/c1-3-8(2)11(14)12(16)15-10(13(17)18)7-9-5-4-6-19-9/h8-11H,3-7,14H2,1-2H3,(H,15,16)(H,17,18)/t8?,9-,10?,11+/m1/s1. The number of carbonyl (C=O) groups excluding carboxylic acids is 1. The lowest BCUT2D eigenvalue weighted by Gasteiger charge is -2.22. The van der Waals surface area contributed by atoms with Gasteiger partial charge in [0.2, 0.25) is 5.91 Å². The third kappa shape index (κ3) is 4.80. The molecule has 0 saturated carbocycles. The van der Waals surface area contributed by atoms with Crippen molar-refractivity contribution in [3.05, 3.63) is 0 Å². The van der Waals surface area contributed by atoms with Crippen molar-refractivity contribution in [2.24, 2.45) is 11.7 Å². The molecule has 1 saturated heterocycles. The van der Waals surface area contributed by atoms with Gasteiger partial charge in [-0.3, -0.25) is 4.79 Å². The molecule has 0 spiro atoms. The SMILES string of the molecule is CCC(C)[C@H](N)C(=O)NC(C[C@H]1CCCO1)C(=O)O. The molecule has 0 radical (unpaired) electrons. The van der Waals surface area contributed by atoms with Crippen LogP contribution in [0, 0.1) is 5.92 Å². The molecule has 2 unspecified atom stereocenters. The molecule has 0 aliphatic carbocycles. The van der Waals surface area contributed by atoms with Gasteiger partial charge in [0.25, 0.3) is 0 Å². The van der Waals surface area contributed by atoms with Crippen molar-refractivity contribution in [2.75, 3.05) is 6.61 Å². The molecule has 1 heterocycles. The maximum Gasteiger partial charge on any atom is 0.326 e. The van der Waals surface area contributed by atoms with Crippen LogP contribution in [0.15, 0.2) is 0 Å². The van der Waals surface area contributed by atoms with Gasteiger partial charge in [-0.1, -0.05) is 20.3 Å². The summed E-state index contributed by atoms with van der Waals surface area (Å²) in [6.45, 7) is 4.48. The first-order chi connectivity index (χ1) is 8.95. The van der Waals surface area contributed by atoms with Crippen LogP contribution in [0.2, 0.25) is 0 Å². The molecule has 1 amide bonds. The molecule has 4 atom stereocenters. The average Bonchev–Trinajstić information content (AvgIpc) is 2.88. The van der Waals surface area contributed by atoms with Crippen LogP contribution >= 0.6 is 0 Å². The highest BCUT2D eigenvalue weighted by Crippen LogP contribution is 2.17. The Morgan fingerprint density at radius 2 is 2.21 bits per heavy atom. The Morgan fingerprint density at radius 1 is 1.53 bits per heavy atom. The summed E-state index contributed by atoms with van der Waals surface area (Å²) in [6.07, 6.45) is 2.78. The minimum absolute atomic E-state index is 0.0252. The molecule has 1 aliphatic rings. The second-order valence-electron chi connectivity index (χ2n) is 5.18. The molecule has 0 aromatic carbocycles. The third-order valence-corrected chi connectivity index (χ3v) is 3.70. The predicted molar refractivity (Wildman–Crippen MR) is 70.6 cm³/mol. The third-order valence-electron chi connectivity index (χ3n) is 3.70. The van der Waals surface area contributed by atoms with E-state index >= 15 is 0 Å². The van der Waals surface area contributed by atoms with Crippen LogP contribution < -0.4 is 11.1 Å². The molecule has 6 heteroatoms. The highest BCUT2D eigenvalue weighted by Gasteiger charge is 2.29. The van der Waals surface area contributed by atoms with E-state index in [1.165, 1.54) is 0 Å². The minimum atomic E-state index is -1.04. The lowest BCUT2D eigenvalue weighted by atomic mass is 9.98. The lowest BCUT2D eigenvalue weighted by molar-refractivity contribution is -0.143. The summed E-state index contributed by atoms with van der Waals surface area (Å²) in [6, 6.07) is -1.60. The molecule has 0 aromatic rings. The summed E-state index contributed by atoms with van der Waals surface area (Å²) in [5.41, 5.74) is 5.79. The van der Waals surface area contributed by atoms with Gasteiger partial charge in [0.1, 0.15) is 6.04 Å². The summed E-state index contributed by atoms with van der Waals surface area (Å²) in [4.78, 5) is 23.1. The number of rotatable bonds is 7. The van der Waals surface area contributed by atoms with Crippen molar-refractivity contribution in [2.45, 2.75) is 57.7 Å². The molecule has 110 valence electrons. The van der Waals surface area contributed by atoms with Crippen molar-refractivity contribution < 1.29 is 19.4 Å². The number of nitrogens with two attached hydrogens (primary N) is 1. The van der Waals surface area contributed by atoms with Crippen LogP contribution in [0.5, 0.6) is 0 Å². The highest BCUT2D eigenvalue weighted by atomic mass is 16.5. The Kier molecular flexibility index (Phi) is 6.24. The van der Waals surface area contributed by atoms with E-state index in [2.05, 4.69) is 5.32 Å². The summed E-state index contributed by atoms with van der Waals surface area (Å²) in [5, 5.41) is 11.7. The maximum atomic E-state index is 11.9. The largest absolute Gasteiger partial charge is 0.480 e. The first-order valence-corrected chi connectivity index (χ1v) is 6.86. The van der Waals surface area contributed by atoms with Crippen molar-refractivity contribution in [1.82, 2.24) is 5.32 Å². The first-order valence-electron chi connectivity index (χ1n) is 6.86. The molecule has 0 aromatic heterocycles. The Labute approximate surface area is 113 Å². The van der Waals surface area contributed by atoms with Gasteiger partial charge in [-0.05, 0) is 18.8 Å². The Hall–Kier alpha value is -1.14. The Morgan fingerprint density at radius 3 is 2.68 bits per heavy atom. The predicted octanol–water partition coefficient (Wildman–Crippen LogP) is 0.498. The number of nitrogens with one attached hydrogen (secondary N) is 1. The van der Waals surface area contributed by atoms with Crippen molar-refractivity contribution in [3.63, 3.8) is 0 Å². The zero-order valence-corrected chi connectivity index (χ0v) is 11.6. The van der Waals surface area contributed by atoms with E-state index < -0.39 is 24.0 Å². The van der Waals surface area contributed by atoms with Gasteiger partial charge >= 0.3 is 5.97 Å². The molecule has 0 bridgehead atoms. The first kappa shape index (κ1) is 15.9. The van der Waals surface area contributed by atoms with Crippen LogP contribution in [0.3, 0.4) is 0 Å². The molecule has 6 nitrogen and oxygen atoms in total. The number of carbonyl (C=O) groups is 2. The monoisotopic (exact) mass is 272 g/mol. The number of hydrogen-bond acceptors (Lipinski definition) is 4. The van der Waals surface area contributed by atoms with Crippen LogP contribution in [0.4, 0.5) is 0 Å². The normalized spacial score (nSPS) is 23.6. The summed E-state index contributed by atoms with van der Waals surface area (Å²) in [5.74, 6) is -1.42. The fourth-order valence-corrected chi connectivity index (χ4v) is 2.09. The molecular weight excluding hydrogens is 248 g/mol. The van der Waals surface area contributed by atoms with Gasteiger partial charge in [-0.15, -0.1) is 0 Å². The van der Waals surface area contributed by atoms with E-state index in [9.17, 15) is 9.59 Å². The number of hydrogen-bond donors (Lipinski definition) is 3. The number of aliphatic carboxylic acids is 1. The quantitative estimate of drug-likeness (QED) is 0.626. The van der Waals surface area contributed by atoms with E-state index in [4.69, 9.17) is 15.6 Å². The molecule has 1 rings (SSSR count). The van der Waals surface area contributed by atoms with Crippen LogP contribution in [-0.4, -0.2) is 41.8 Å². The minimum Gasteiger partial charge on any atom is -0.480 e. The fraction of sp³-hybridized carbons (Fsp3) is 0.846. The smallest absolute Gasteiger partial charge is 0.326 e. The summed E-state index contributed by atoms with van der Waals surface area (Å²) >= 11 is 0. The van der Waals surface area contributed by atoms with E-state index in [-0.39, 0.29) is 12.0 Å². The van der Waals surface area contributed by atoms with E-state index in [1.807, 2.05) is 13.8 Å². The zero-order valence-electron chi connectivity index (χ0n) is 11.6. The maximum absolute atomic E-state index is 11.9. The van der Waals surface area contributed by atoms with Crippen molar-refractivity contribution >= 4 is 11.9 Å². The topological polar surface area (TPSA) is 102 Å². The van der Waals surface area contributed by atoms with E-state index in [0.717, 1.165) is 19.3 Å². The Bertz CT molecular complexity index is 316. The summed E-state index contributed by atoms with van der Waals surface area (Å²) in [7, 11) is 0. The number of amides is 1. The van der Waals surface area contributed by atoms with Crippen molar-refractivity contribution in [1.29, 1.82) is 0 Å². The second-order valence-corrected chi connectivity index (χ2v) is 5.18. The number of carboxylic acids is 1. The van der Waals surface area contributed by atoms with Gasteiger partial charge in [-0.2, -0.15) is 0 Å². The molecule has 19 heavy (non-hydrogen) atoms. The average molecular weight is 272 g/mol. The number of ether oxygens (including phenoxy) is 1. The molecule has 1 fully saturated rings. The molecular formula is C13H24N2O4. The van der Waals surface area contributed by atoms with Crippen LogP contribution in [0.25, 0.3) is 0 Å². The van der Waals surface area contributed by atoms with Gasteiger partial charge in [0, 0.05) is 13.0 Å². The van der Waals surface area contributed by atoms with E-state index in [1.54, 1.807) is 0 Å². The van der Waals surface area contributed by atoms with Crippen molar-refractivity contribution in [3.8, 4) is 0 Å². The Balaban J connectivity index is 2.52. The zero-order chi connectivity index (χ0) is 14.4. The van der Waals surface area contributed by atoms with Gasteiger partial charge in [0.15, 0.2) is 0 Å². The van der Waals surface area contributed by atoms with Crippen LogP contribution in [-0.2, 0) is 14.3 Å². The number of carboxylic acid groups (broad SMARTS) is 1. The lowest BCUT2D eigenvalue weighted by Crippen LogP contribution is -2.51. The molecule has 4 N–H and O–H groups in total. The van der Waals surface area contributed by atoms with Gasteiger partial charge in [-0.25, -0.2) is 4.79 Å². The highest BCUT2D eigenvalue weighted by molar-refractivity contribution is 5.86. The van der Waals surface area contributed by atoms with Crippen LogP contribution in [0.1, 0.15) is 39.5 Å². The van der Waals surface area contributed by atoms with Gasteiger partial charge < -0.3 is 20.9 Å². The summed E-state index contributed by atoms with van der Waals surface area (Å²) < 4.78 is 5.40.